The Bertz CT molecular complexity index is 488. The van der Waals surface area contributed by atoms with Gasteiger partial charge >= 0.3 is 5.97 Å². The first-order chi connectivity index (χ1) is 8.47. The molecule has 0 saturated heterocycles. The first kappa shape index (κ1) is 14.2. The first-order valence-electron chi connectivity index (χ1n) is 5.48. The SMILES string of the molecule is CC(C)N(CCC#N)C(=O)c1ccc(C(=O)O)s1. The van der Waals surface area contributed by atoms with Crippen LogP contribution in [0.15, 0.2) is 12.1 Å². The Morgan fingerprint density at radius 1 is 1.44 bits per heavy atom. The largest absolute Gasteiger partial charge is 0.477 e. The molecule has 0 aliphatic heterocycles. The van der Waals surface area contributed by atoms with Crippen LogP contribution in [0.3, 0.4) is 0 Å². The average molecular weight is 266 g/mol. The fraction of sp³-hybridized carbons (Fsp3) is 0.417. The maximum atomic E-state index is 12.2. The van der Waals surface area contributed by atoms with Gasteiger partial charge in [0.25, 0.3) is 5.91 Å². The summed E-state index contributed by atoms with van der Waals surface area (Å²) >= 11 is 0.955. The number of carboxylic acid groups (broad SMARTS) is 1. The minimum absolute atomic E-state index is 0.0266. The van der Waals surface area contributed by atoms with Crippen molar-refractivity contribution in [1.29, 1.82) is 5.26 Å². The molecule has 1 amide bonds. The Balaban J connectivity index is 2.88. The van der Waals surface area contributed by atoms with E-state index in [0.717, 1.165) is 11.3 Å². The number of carbonyl (C=O) groups excluding carboxylic acids is 1. The minimum atomic E-state index is -1.04. The van der Waals surface area contributed by atoms with E-state index in [4.69, 9.17) is 10.4 Å². The van der Waals surface area contributed by atoms with Crippen molar-refractivity contribution in [1.82, 2.24) is 4.90 Å². The zero-order valence-electron chi connectivity index (χ0n) is 10.2. The third kappa shape index (κ3) is 3.31. The number of rotatable bonds is 5. The van der Waals surface area contributed by atoms with Crippen molar-refractivity contribution >= 4 is 23.2 Å². The van der Waals surface area contributed by atoms with Gasteiger partial charge in [0.1, 0.15) is 4.88 Å². The lowest BCUT2D eigenvalue weighted by molar-refractivity contribution is 0.0698. The predicted octanol–water partition coefficient (Wildman–Crippen LogP) is 2.21. The van der Waals surface area contributed by atoms with Gasteiger partial charge in [-0.1, -0.05) is 0 Å². The Labute approximate surface area is 109 Å². The number of hydrogen-bond donors (Lipinski definition) is 1. The van der Waals surface area contributed by atoms with Crippen LogP contribution in [0.25, 0.3) is 0 Å². The van der Waals surface area contributed by atoms with E-state index in [1.807, 2.05) is 19.9 Å². The van der Waals surface area contributed by atoms with E-state index in [9.17, 15) is 9.59 Å². The van der Waals surface area contributed by atoms with Gasteiger partial charge in [-0.25, -0.2) is 4.79 Å². The summed E-state index contributed by atoms with van der Waals surface area (Å²) in [6, 6.07) is 4.90. The van der Waals surface area contributed by atoms with Crippen LogP contribution < -0.4 is 0 Å². The third-order valence-electron chi connectivity index (χ3n) is 2.38. The summed E-state index contributed by atoms with van der Waals surface area (Å²) in [6.07, 6.45) is 0.265. The van der Waals surface area contributed by atoms with E-state index in [-0.39, 0.29) is 23.2 Å². The standard InChI is InChI=1S/C12H14N2O3S/c1-8(2)14(7-3-6-13)11(15)9-4-5-10(18-9)12(16)17/h4-5,8H,3,7H2,1-2H3,(H,16,17). The van der Waals surface area contributed by atoms with E-state index >= 15 is 0 Å². The number of carboxylic acids is 1. The van der Waals surface area contributed by atoms with Crippen LogP contribution in [0.4, 0.5) is 0 Å². The summed E-state index contributed by atoms with van der Waals surface area (Å²) < 4.78 is 0. The molecule has 0 bridgehead atoms. The van der Waals surface area contributed by atoms with Crippen LogP contribution >= 0.6 is 11.3 Å². The highest BCUT2D eigenvalue weighted by Gasteiger charge is 2.21. The molecule has 18 heavy (non-hydrogen) atoms. The Morgan fingerprint density at radius 3 is 2.50 bits per heavy atom. The number of thiophene rings is 1. The van der Waals surface area contributed by atoms with E-state index in [2.05, 4.69) is 0 Å². The van der Waals surface area contributed by atoms with Gasteiger partial charge in [0.05, 0.1) is 17.4 Å². The van der Waals surface area contributed by atoms with Crippen LogP contribution in [-0.4, -0.2) is 34.5 Å². The van der Waals surface area contributed by atoms with Crippen LogP contribution in [0.1, 0.15) is 39.6 Å². The number of carbonyl (C=O) groups is 2. The lowest BCUT2D eigenvalue weighted by Crippen LogP contribution is -2.37. The third-order valence-corrected chi connectivity index (χ3v) is 3.44. The van der Waals surface area contributed by atoms with Crippen molar-refractivity contribution in [2.75, 3.05) is 6.54 Å². The summed E-state index contributed by atoms with van der Waals surface area (Å²) in [5.41, 5.74) is 0. The van der Waals surface area contributed by atoms with Crippen molar-refractivity contribution in [3.05, 3.63) is 21.9 Å². The molecule has 1 rings (SSSR count). The van der Waals surface area contributed by atoms with E-state index in [1.54, 1.807) is 4.90 Å². The van der Waals surface area contributed by atoms with Crippen LogP contribution in [0.2, 0.25) is 0 Å². The summed E-state index contributed by atoms with van der Waals surface area (Å²) in [5, 5.41) is 17.4. The quantitative estimate of drug-likeness (QED) is 0.885. The highest BCUT2D eigenvalue weighted by atomic mass is 32.1. The van der Waals surface area contributed by atoms with Gasteiger partial charge in [-0.3, -0.25) is 4.79 Å². The molecule has 1 aromatic heterocycles. The van der Waals surface area contributed by atoms with Crippen molar-refractivity contribution in [2.24, 2.45) is 0 Å². The molecule has 0 unspecified atom stereocenters. The number of nitriles is 1. The maximum Gasteiger partial charge on any atom is 0.345 e. The van der Waals surface area contributed by atoms with Crippen molar-refractivity contribution in [3.63, 3.8) is 0 Å². The topological polar surface area (TPSA) is 81.4 Å². The minimum Gasteiger partial charge on any atom is -0.477 e. The van der Waals surface area contributed by atoms with Gasteiger partial charge in [-0.15, -0.1) is 11.3 Å². The second kappa shape index (κ2) is 6.17. The number of amides is 1. The van der Waals surface area contributed by atoms with Crippen molar-refractivity contribution < 1.29 is 14.7 Å². The Morgan fingerprint density at radius 2 is 2.06 bits per heavy atom. The van der Waals surface area contributed by atoms with Crippen LogP contribution in [-0.2, 0) is 0 Å². The highest BCUT2D eigenvalue weighted by Crippen LogP contribution is 2.19. The molecule has 1 N–H and O–H groups in total. The summed E-state index contributed by atoms with van der Waals surface area (Å²) in [7, 11) is 0. The van der Waals surface area contributed by atoms with Crippen molar-refractivity contribution in [3.8, 4) is 6.07 Å². The number of aromatic carboxylic acids is 1. The predicted molar refractivity (Wildman–Crippen MR) is 67.7 cm³/mol. The molecule has 0 aliphatic rings. The molecule has 0 atom stereocenters. The van der Waals surface area contributed by atoms with E-state index in [1.165, 1.54) is 12.1 Å². The summed E-state index contributed by atoms with van der Waals surface area (Å²) in [6.45, 7) is 4.08. The molecule has 0 saturated carbocycles. The zero-order valence-corrected chi connectivity index (χ0v) is 11.0. The summed E-state index contributed by atoms with van der Waals surface area (Å²) in [4.78, 5) is 25.0. The maximum absolute atomic E-state index is 12.2. The Hall–Kier alpha value is -1.87. The smallest absolute Gasteiger partial charge is 0.345 e. The molecule has 96 valence electrons. The molecule has 0 radical (unpaired) electrons. The molecule has 0 aromatic carbocycles. The molecule has 1 heterocycles. The normalized spacial score (nSPS) is 10.1. The van der Waals surface area contributed by atoms with Crippen LogP contribution in [0.5, 0.6) is 0 Å². The second-order valence-electron chi connectivity index (χ2n) is 3.97. The highest BCUT2D eigenvalue weighted by molar-refractivity contribution is 7.15. The molecule has 1 aromatic rings. The second-order valence-corrected chi connectivity index (χ2v) is 5.05. The number of hydrogen-bond acceptors (Lipinski definition) is 4. The van der Waals surface area contributed by atoms with Gasteiger partial charge in [-0.2, -0.15) is 5.26 Å². The molecule has 0 spiro atoms. The van der Waals surface area contributed by atoms with E-state index in [0.29, 0.717) is 11.4 Å². The monoisotopic (exact) mass is 266 g/mol. The fourth-order valence-electron chi connectivity index (χ4n) is 1.47. The van der Waals surface area contributed by atoms with E-state index < -0.39 is 5.97 Å². The summed E-state index contributed by atoms with van der Waals surface area (Å²) in [5.74, 6) is -1.26. The van der Waals surface area contributed by atoms with Gasteiger partial charge < -0.3 is 10.0 Å². The average Bonchev–Trinajstić information content (AvgIpc) is 2.78. The lowest BCUT2D eigenvalue weighted by Gasteiger charge is -2.25. The molecule has 6 heteroatoms. The zero-order chi connectivity index (χ0) is 13.7. The van der Waals surface area contributed by atoms with Gasteiger partial charge in [-0.05, 0) is 26.0 Å². The van der Waals surface area contributed by atoms with Crippen LogP contribution in [0, 0.1) is 11.3 Å². The molecule has 0 aliphatic carbocycles. The molecular weight excluding hydrogens is 252 g/mol. The lowest BCUT2D eigenvalue weighted by atomic mass is 10.2. The molecule has 5 nitrogen and oxygen atoms in total. The Kier molecular flexibility index (Phi) is 4.86. The van der Waals surface area contributed by atoms with Gasteiger partial charge in [0.15, 0.2) is 0 Å². The van der Waals surface area contributed by atoms with Gasteiger partial charge in [0.2, 0.25) is 0 Å². The fourth-order valence-corrected chi connectivity index (χ4v) is 2.27. The number of nitrogens with zero attached hydrogens (tertiary/aromatic N) is 2. The van der Waals surface area contributed by atoms with Gasteiger partial charge in [0, 0.05) is 12.6 Å². The molecular formula is C12H14N2O3S. The van der Waals surface area contributed by atoms with Crippen molar-refractivity contribution in [2.45, 2.75) is 26.3 Å². The molecule has 0 fully saturated rings. The first-order valence-corrected chi connectivity index (χ1v) is 6.30.